The zero-order valence-corrected chi connectivity index (χ0v) is 6.88. The lowest BCUT2D eigenvalue weighted by Crippen LogP contribution is -2.39. The van der Waals surface area contributed by atoms with Crippen molar-refractivity contribution in [1.29, 1.82) is 0 Å². The van der Waals surface area contributed by atoms with Crippen LogP contribution < -0.4 is 5.73 Å². The van der Waals surface area contributed by atoms with Crippen molar-refractivity contribution in [1.82, 2.24) is 0 Å². The van der Waals surface area contributed by atoms with Gasteiger partial charge in [0.1, 0.15) is 6.10 Å². The molecule has 1 fully saturated rings. The molecule has 2 unspecified atom stereocenters. The summed E-state index contributed by atoms with van der Waals surface area (Å²) in [5.41, 5.74) is 5.44. The van der Waals surface area contributed by atoms with E-state index in [9.17, 15) is 4.79 Å². The number of hydrogen-bond acceptors (Lipinski definition) is 3. The summed E-state index contributed by atoms with van der Waals surface area (Å²) >= 11 is 0. The second kappa shape index (κ2) is 3.83. The highest BCUT2D eigenvalue weighted by atomic mass is 16.5. The van der Waals surface area contributed by atoms with Gasteiger partial charge in [0, 0.05) is 6.61 Å². The molecule has 1 aliphatic heterocycles. The fraction of sp³-hybridized carbons (Fsp3) is 0.875. The van der Waals surface area contributed by atoms with E-state index in [1.54, 1.807) is 6.92 Å². The minimum Gasteiger partial charge on any atom is -0.370 e. The lowest BCUT2D eigenvalue weighted by molar-refractivity contribution is -0.134. The molecule has 0 aromatic rings. The number of hydrogen-bond donors (Lipinski definition) is 1. The predicted molar refractivity (Wildman–Crippen MR) is 42.2 cm³/mol. The Hall–Kier alpha value is -0.410. The summed E-state index contributed by atoms with van der Waals surface area (Å²) in [6, 6.07) is -0.377. The summed E-state index contributed by atoms with van der Waals surface area (Å²) in [4.78, 5) is 11.2. The summed E-state index contributed by atoms with van der Waals surface area (Å²) in [7, 11) is 0. The van der Waals surface area contributed by atoms with Gasteiger partial charge in [0.25, 0.3) is 0 Å². The van der Waals surface area contributed by atoms with Gasteiger partial charge in [-0.1, -0.05) is 0 Å². The van der Waals surface area contributed by atoms with Crippen LogP contribution in [0.2, 0.25) is 0 Å². The maximum Gasteiger partial charge on any atom is 0.177 e. The first-order valence-corrected chi connectivity index (χ1v) is 4.12. The van der Waals surface area contributed by atoms with Crippen LogP contribution in [0.1, 0.15) is 26.2 Å². The van der Waals surface area contributed by atoms with E-state index < -0.39 is 0 Å². The van der Waals surface area contributed by atoms with Crippen LogP contribution in [0.4, 0.5) is 0 Å². The predicted octanol–water partition coefficient (Wildman–Crippen LogP) is 0.472. The number of Topliss-reactive ketones (excluding diaryl/α,β-unsaturated/α-hetero) is 1. The smallest absolute Gasteiger partial charge is 0.177 e. The molecule has 1 saturated heterocycles. The Morgan fingerprint density at radius 2 is 2.36 bits per heavy atom. The molecule has 1 rings (SSSR count). The third-order valence-electron chi connectivity index (χ3n) is 1.95. The van der Waals surface area contributed by atoms with Crippen LogP contribution in [-0.4, -0.2) is 24.5 Å². The van der Waals surface area contributed by atoms with Crippen LogP contribution in [0.15, 0.2) is 0 Å². The third kappa shape index (κ3) is 2.27. The molecule has 0 aromatic carbocycles. The van der Waals surface area contributed by atoms with Gasteiger partial charge in [0.05, 0.1) is 6.04 Å². The van der Waals surface area contributed by atoms with Gasteiger partial charge in [0.2, 0.25) is 0 Å². The Kier molecular flexibility index (Phi) is 3.02. The topological polar surface area (TPSA) is 52.3 Å². The van der Waals surface area contributed by atoms with E-state index in [0.717, 1.165) is 19.3 Å². The maximum atomic E-state index is 11.2. The Morgan fingerprint density at radius 3 is 2.82 bits per heavy atom. The first-order chi connectivity index (χ1) is 5.22. The average Bonchev–Trinajstić information content (AvgIpc) is 2.05. The molecule has 0 amide bonds. The third-order valence-corrected chi connectivity index (χ3v) is 1.95. The minimum absolute atomic E-state index is 0.0460. The number of carbonyl (C=O) groups is 1. The average molecular weight is 157 g/mol. The molecule has 0 radical (unpaired) electrons. The van der Waals surface area contributed by atoms with Gasteiger partial charge in [-0.2, -0.15) is 0 Å². The van der Waals surface area contributed by atoms with Gasteiger partial charge in [-0.15, -0.1) is 0 Å². The monoisotopic (exact) mass is 157 g/mol. The van der Waals surface area contributed by atoms with Crippen molar-refractivity contribution >= 4 is 5.78 Å². The standard InChI is InChI=1S/C8H15NO2/c1-6(9)8(10)7-4-2-3-5-11-7/h6-7H,2-5,9H2,1H3. The number of ketones is 1. The summed E-state index contributed by atoms with van der Waals surface area (Å²) in [5.74, 6) is 0.0460. The number of nitrogens with two attached hydrogens (primary N) is 1. The first-order valence-electron chi connectivity index (χ1n) is 4.12. The number of rotatable bonds is 2. The minimum atomic E-state index is -0.377. The van der Waals surface area contributed by atoms with Crippen LogP contribution in [-0.2, 0) is 9.53 Å². The van der Waals surface area contributed by atoms with Gasteiger partial charge >= 0.3 is 0 Å². The van der Waals surface area contributed by atoms with Crippen LogP contribution in [0.5, 0.6) is 0 Å². The first kappa shape index (κ1) is 8.68. The van der Waals surface area contributed by atoms with Gasteiger partial charge in [-0.05, 0) is 26.2 Å². The van der Waals surface area contributed by atoms with Crippen LogP contribution in [0.3, 0.4) is 0 Å². The fourth-order valence-electron chi connectivity index (χ4n) is 1.26. The fourth-order valence-corrected chi connectivity index (χ4v) is 1.26. The second-order valence-corrected chi connectivity index (χ2v) is 3.05. The second-order valence-electron chi connectivity index (χ2n) is 3.05. The van der Waals surface area contributed by atoms with Crippen molar-refractivity contribution in [3.05, 3.63) is 0 Å². The molecule has 11 heavy (non-hydrogen) atoms. The van der Waals surface area contributed by atoms with Crippen molar-refractivity contribution in [3.8, 4) is 0 Å². The van der Waals surface area contributed by atoms with E-state index >= 15 is 0 Å². The molecular formula is C8H15NO2. The number of carbonyl (C=O) groups excluding carboxylic acids is 1. The lowest BCUT2D eigenvalue weighted by atomic mass is 10.0. The Balaban J connectivity index is 2.39. The normalized spacial score (nSPS) is 28.0. The molecule has 3 nitrogen and oxygen atoms in total. The van der Waals surface area contributed by atoms with Gasteiger partial charge in [0.15, 0.2) is 5.78 Å². The van der Waals surface area contributed by atoms with Crippen molar-refractivity contribution in [3.63, 3.8) is 0 Å². The van der Waals surface area contributed by atoms with Gasteiger partial charge in [-0.3, -0.25) is 4.79 Å². The van der Waals surface area contributed by atoms with E-state index in [2.05, 4.69) is 0 Å². The Morgan fingerprint density at radius 1 is 1.64 bits per heavy atom. The molecular weight excluding hydrogens is 142 g/mol. The van der Waals surface area contributed by atoms with Crippen molar-refractivity contribution in [2.75, 3.05) is 6.61 Å². The lowest BCUT2D eigenvalue weighted by Gasteiger charge is -2.22. The van der Waals surface area contributed by atoms with Crippen molar-refractivity contribution in [2.24, 2.45) is 5.73 Å². The largest absolute Gasteiger partial charge is 0.370 e. The molecule has 0 spiro atoms. The molecule has 0 aliphatic carbocycles. The number of ether oxygens (including phenoxy) is 1. The molecule has 3 heteroatoms. The zero-order valence-electron chi connectivity index (χ0n) is 6.88. The molecule has 2 atom stereocenters. The van der Waals surface area contributed by atoms with E-state index in [1.165, 1.54) is 0 Å². The highest BCUT2D eigenvalue weighted by Crippen LogP contribution is 2.13. The van der Waals surface area contributed by atoms with Gasteiger partial charge in [-0.25, -0.2) is 0 Å². The molecule has 64 valence electrons. The molecule has 1 heterocycles. The molecule has 0 saturated carbocycles. The van der Waals surface area contributed by atoms with Crippen LogP contribution in [0, 0.1) is 0 Å². The molecule has 1 aliphatic rings. The quantitative estimate of drug-likeness (QED) is 0.634. The Bertz CT molecular complexity index is 139. The summed E-state index contributed by atoms with van der Waals surface area (Å²) in [5, 5.41) is 0. The summed E-state index contributed by atoms with van der Waals surface area (Å²) in [6.45, 7) is 2.42. The SMILES string of the molecule is CC(N)C(=O)C1CCCCO1. The summed E-state index contributed by atoms with van der Waals surface area (Å²) in [6.07, 6.45) is 2.79. The zero-order chi connectivity index (χ0) is 8.27. The van der Waals surface area contributed by atoms with E-state index in [1.807, 2.05) is 0 Å². The molecule has 2 N–H and O–H groups in total. The Labute approximate surface area is 66.9 Å². The van der Waals surface area contributed by atoms with E-state index in [-0.39, 0.29) is 17.9 Å². The van der Waals surface area contributed by atoms with Gasteiger partial charge < -0.3 is 10.5 Å². The van der Waals surface area contributed by atoms with Crippen LogP contribution in [0.25, 0.3) is 0 Å². The van der Waals surface area contributed by atoms with E-state index in [0.29, 0.717) is 6.61 Å². The van der Waals surface area contributed by atoms with Crippen molar-refractivity contribution in [2.45, 2.75) is 38.3 Å². The van der Waals surface area contributed by atoms with E-state index in [4.69, 9.17) is 10.5 Å². The molecule has 0 aromatic heterocycles. The maximum absolute atomic E-state index is 11.2. The highest BCUT2D eigenvalue weighted by Gasteiger charge is 2.23. The van der Waals surface area contributed by atoms with Crippen molar-refractivity contribution < 1.29 is 9.53 Å². The van der Waals surface area contributed by atoms with Crippen LogP contribution >= 0.6 is 0 Å². The highest BCUT2D eigenvalue weighted by molar-refractivity contribution is 5.87. The summed E-state index contributed by atoms with van der Waals surface area (Å²) < 4.78 is 5.27. The molecule has 0 bridgehead atoms.